The highest BCUT2D eigenvalue weighted by molar-refractivity contribution is 5.79. The number of ether oxygens (including phenoxy) is 1. The van der Waals surface area contributed by atoms with Crippen LogP contribution >= 0.6 is 0 Å². The summed E-state index contributed by atoms with van der Waals surface area (Å²) >= 11 is 0. The number of hydrogen-bond donors (Lipinski definition) is 2. The molecule has 1 aromatic rings. The van der Waals surface area contributed by atoms with Gasteiger partial charge in [-0.25, -0.2) is 0 Å². The molecule has 0 aliphatic carbocycles. The Morgan fingerprint density at radius 3 is 2.65 bits per heavy atom. The van der Waals surface area contributed by atoms with Gasteiger partial charge in [-0.1, -0.05) is 32.0 Å². The molecule has 0 fully saturated rings. The molecule has 1 amide bonds. The largest absolute Gasteiger partial charge is 0.496 e. The van der Waals surface area contributed by atoms with Gasteiger partial charge >= 0.3 is 0 Å². The lowest BCUT2D eigenvalue weighted by Crippen LogP contribution is -2.42. The Hall–Kier alpha value is -1.55. The van der Waals surface area contributed by atoms with Gasteiger partial charge in [0.15, 0.2) is 0 Å². The Labute approximate surface area is 121 Å². The van der Waals surface area contributed by atoms with Crippen molar-refractivity contribution < 1.29 is 14.6 Å². The number of benzene rings is 1. The summed E-state index contributed by atoms with van der Waals surface area (Å²) in [5.41, 5.74) is -0.0269. The summed E-state index contributed by atoms with van der Waals surface area (Å²) in [5.74, 6) is 0.978. The van der Waals surface area contributed by atoms with Gasteiger partial charge in [0.1, 0.15) is 5.75 Å². The number of para-hydroxylation sites is 1. The molecule has 112 valence electrons. The van der Waals surface area contributed by atoms with Crippen molar-refractivity contribution in [1.29, 1.82) is 0 Å². The van der Waals surface area contributed by atoms with Crippen molar-refractivity contribution in [3.63, 3.8) is 0 Å². The maximum absolute atomic E-state index is 11.9. The van der Waals surface area contributed by atoms with Gasteiger partial charge in [-0.05, 0) is 25.3 Å². The smallest absolute Gasteiger partial charge is 0.224 e. The molecule has 1 aromatic carbocycles. The van der Waals surface area contributed by atoms with Gasteiger partial charge in [0.25, 0.3) is 0 Å². The van der Waals surface area contributed by atoms with Crippen LogP contribution in [0.25, 0.3) is 0 Å². The third kappa shape index (κ3) is 5.61. The number of aliphatic hydroxyl groups is 1. The van der Waals surface area contributed by atoms with Crippen molar-refractivity contribution >= 4 is 5.91 Å². The zero-order chi connectivity index (χ0) is 15.2. The third-order valence-electron chi connectivity index (χ3n) is 3.06. The summed E-state index contributed by atoms with van der Waals surface area (Å²) in [6.45, 7) is 6.10. The number of amides is 1. The van der Waals surface area contributed by atoms with Crippen LogP contribution in [0, 0.1) is 5.92 Å². The first-order valence-corrected chi connectivity index (χ1v) is 6.95. The molecule has 1 unspecified atom stereocenters. The van der Waals surface area contributed by atoms with E-state index in [2.05, 4.69) is 5.32 Å². The Bertz CT molecular complexity index is 441. The lowest BCUT2D eigenvalue weighted by Gasteiger charge is -2.25. The predicted octanol–water partition coefficient (Wildman–Crippen LogP) is 2.15. The molecule has 0 spiro atoms. The summed E-state index contributed by atoms with van der Waals surface area (Å²) in [5, 5.41) is 12.9. The second-order valence-electron chi connectivity index (χ2n) is 5.86. The molecule has 4 nitrogen and oxygen atoms in total. The van der Waals surface area contributed by atoms with E-state index >= 15 is 0 Å². The lowest BCUT2D eigenvalue weighted by atomic mass is 9.94. The van der Waals surface area contributed by atoms with Crippen LogP contribution in [0.1, 0.15) is 32.8 Å². The van der Waals surface area contributed by atoms with Crippen LogP contribution in [0.3, 0.4) is 0 Å². The molecule has 0 aliphatic heterocycles. The van der Waals surface area contributed by atoms with Crippen molar-refractivity contribution in [2.45, 2.75) is 39.2 Å². The average Bonchev–Trinajstić information content (AvgIpc) is 2.36. The number of hydrogen-bond acceptors (Lipinski definition) is 3. The molecule has 0 bridgehead atoms. The molecule has 2 N–H and O–H groups in total. The Morgan fingerprint density at radius 2 is 2.05 bits per heavy atom. The number of nitrogens with one attached hydrogen (secondary N) is 1. The van der Waals surface area contributed by atoms with Gasteiger partial charge in [-0.3, -0.25) is 4.79 Å². The topological polar surface area (TPSA) is 58.6 Å². The monoisotopic (exact) mass is 279 g/mol. The van der Waals surface area contributed by atoms with E-state index in [0.717, 1.165) is 5.56 Å². The summed E-state index contributed by atoms with van der Waals surface area (Å²) in [6, 6.07) is 7.44. The summed E-state index contributed by atoms with van der Waals surface area (Å²) in [6.07, 6.45) is 0.906. The van der Waals surface area contributed by atoms with Gasteiger partial charge < -0.3 is 15.2 Å². The van der Waals surface area contributed by atoms with Crippen LogP contribution in [0.4, 0.5) is 0 Å². The molecule has 0 heterocycles. The molecule has 20 heavy (non-hydrogen) atoms. The maximum atomic E-state index is 11.9. The quantitative estimate of drug-likeness (QED) is 0.804. The number of carbonyl (C=O) groups is 1. The first kappa shape index (κ1) is 16.5. The minimum Gasteiger partial charge on any atom is -0.496 e. The van der Waals surface area contributed by atoms with Crippen molar-refractivity contribution in [1.82, 2.24) is 5.32 Å². The molecule has 0 aromatic heterocycles. The fraction of sp³-hybridized carbons (Fsp3) is 0.562. The third-order valence-corrected chi connectivity index (χ3v) is 3.06. The first-order chi connectivity index (χ1) is 9.34. The van der Waals surface area contributed by atoms with E-state index in [4.69, 9.17) is 4.74 Å². The predicted molar refractivity (Wildman–Crippen MR) is 79.8 cm³/mol. The molecule has 0 saturated carbocycles. The molecule has 1 atom stereocenters. The van der Waals surface area contributed by atoms with Crippen molar-refractivity contribution in [3.8, 4) is 5.75 Å². The molecule has 0 saturated heterocycles. The zero-order valence-electron chi connectivity index (χ0n) is 12.8. The Morgan fingerprint density at radius 1 is 1.40 bits per heavy atom. The first-order valence-electron chi connectivity index (χ1n) is 6.95. The van der Waals surface area contributed by atoms with Crippen molar-refractivity contribution in [2.75, 3.05) is 13.7 Å². The number of rotatable bonds is 7. The van der Waals surface area contributed by atoms with Gasteiger partial charge in [0, 0.05) is 12.1 Å². The van der Waals surface area contributed by atoms with E-state index in [1.807, 2.05) is 38.1 Å². The lowest BCUT2D eigenvalue weighted by molar-refractivity contribution is -0.121. The van der Waals surface area contributed by atoms with Crippen molar-refractivity contribution in [2.24, 2.45) is 5.92 Å². The highest BCUT2D eigenvalue weighted by Crippen LogP contribution is 2.18. The Balaban J connectivity index is 2.52. The fourth-order valence-corrected chi connectivity index (χ4v) is 2.33. The van der Waals surface area contributed by atoms with Gasteiger partial charge in [-0.15, -0.1) is 0 Å². The number of carbonyl (C=O) groups excluding carboxylic acids is 1. The standard InChI is InChI=1S/C16H25NO3/c1-12(2)10-16(3,19)11-17-15(18)9-13-7-5-6-8-14(13)20-4/h5-8,12,19H,9-11H2,1-4H3,(H,17,18). The normalized spacial score (nSPS) is 13.9. The second-order valence-corrected chi connectivity index (χ2v) is 5.86. The molecule has 1 rings (SSSR count). The minimum absolute atomic E-state index is 0.112. The molecular weight excluding hydrogens is 254 g/mol. The minimum atomic E-state index is -0.870. The van der Waals surface area contributed by atoms with Crippen LogP contribution in [0.5, 0.6) is 5.75 Å². The van der Waals surface area contributed by atoms with Crippen LogP contribution in [-0.2, 0) is 11.2 Å². The van der Waals surface area contributed by atoms with Gasteiger partial charge in [-0.2, -0.15) is 0 Å². The van der Waals surface area contributed by atoms with E-state index in [1.54, 1.807) is 14.0 Å². The van der Waals surface area contributed by atoms with Gasteiger partial charge in [0.05, 0.1) is 19.1 Å². The van der Waals surface area contributed by atoms with Crippen LogP contribution < -0.4 is 10.1 Å². The summed E-state index contributed by atoms with van der Waals surface area (Å²) in [4.78, 5) is 11.9. The van der Waals surface area contributed by atoms with E-state index in [-0.39, 0.29) is 18.9 Å². The molecule has 0 aliphatic rings. The van der Waals surface area contributed by atoms with Gasteiger partial charge in [0.2, 0.25) is 5.91 Å². The zero-order valence-corrected chi connectivity index (χ0v) is 12.8. The van der Waals surface area contributed by atoms with Crippen LogP contribution in [0.2, 0.25) is 0 Å². The highest BCUT2D eigenvalue weighted by Gasteiger charge is 2.22. The molecule has 4 heteroatoms. The van der Waals surface area contributed by atoms with Crippen LogP contribution in [-0.4, -0.2) is 30.3 Å². The van der Waals surface area contributed by atoms with Crippen molar-refractivity contribution in [3.05, 3.63) is 29.8 Å². The summed E-state index contributed by atoms with van der Waals surface area (Å²) < 4.78 is 5.21. The molecule has 0 radical (unpaired) electrons. The SMILES string of the molecule is COc1ccccc1CC(=O)NCC(C)(O)CC(C)C. The second kappa shape index (κ2) is 7.29. The average molecular weight is 279 g/mol. The fourth-order valence-electron chi connectivity index (χ4n) is 2.33. The summed E-state index contributed by atoms with van der Waals surface area (Å²) in [7, 11) is 1.59. The maximum Gasteiger partial charge on any atom is 0.224 e. The van der Waals surface area contributed by atoms with E-state index in [9.17, 15) is 9.90 Å². The number of methoxy groups -OCH3 is 1. The molecular formula is C16H25NO3. The van der Waals surface area contributed by atoms with E-state index < -0.39 is 5.60 Å². The van der Waals surface area contributed by atoms with Crippen LogP contribution in [0.15, 0.2) is 24.3 Å². The Kier molecular flexibility index (Phi) is 6.02. The van der Waals surface area contributed by atoms with E-state index in [1.165, 1.54) is 0 Å². The van der Waals surface area contributed by atoms with E-state index in [0.29, 0.717) is 18.1 Å². The highest BCUT2D eigenvalue weighted by atomic mass is 16.5.